The third-order valence-corrected chi connectivity index (χ3v) is 17.3. The van der Waals surface area contributed by atoms with Crippen LogP contribution in [0.3, 0.4) is 0 Å². The Morgan fingerprint density at radius 2 is 0.778 bits per heavy atom. The van der Waals surface area contributed by atoms with Gasteiger partial charge in [0, 0.05) is 87.5 Å². The molecule has 3 aliphatic rings. The van der Waals surface area contributed by atoms with Gasteiger partial charge < -0.3 is 9.13 Å². The quantitative estimate of drug-likeness (QED) is 0.474. The Labute approximate surface area is 276 Å². The molecule has 0 heterocycles. The van der Waals surface area contributed by atoms with Crippen LogP contribution in [-0.4, -0.2) is 129 Å². The minimum absolute atomic E-state index is 0. The van der Waals surface area contributed by atoms with Gasteiger partial charge in [0.1, 0.15) is 17.9 Å². The van der Waals surface area contributed by atoms with Crippen molar-refractivity contribution in [3.05, 3.63) is 43.8 Å². The zero-order valence-corrected chi connectivity index (χ0v) is 29.5. The predicted molar refractivity (Wildman–Crippen MR) is 171 cm³/mol. The van der Waals surface area contributed by atoms with E-state index < -0.39 is 17.9 Å². The first-order chi connectivity index (χ1) is 14.9. The molecule has 0 aliphatic heterocycles. The summed E-state index contributed by atoms with van der Waals surface area (Å²) in [5, 5.41) is 3.61. The largest absolute Gasteiger partial charge is 0.323 e. The van der Waals surface area contributed by atoms with Crippen molar-refractivity contribution in [1.29, 1.82) is 0 Å². The molecule has 0 aromatic carbocycles. The van der Waals surface area contributed by atoms with E-state index in [1.165, 1.54) is 25.7 Å². The van der Waals surface area contributed by atoms with E-state index in [9.17, 15) is 0 Å². The molecular formula is C28H50Li4N2Si2. The van der Waals surface area contributed by atoms with Crippen LogP contribution in [0.2, 0.25) is 13.1 Å². The molecule has 1 fully saturated rings. The molecule has 184 valence electrons. The van der Waals surface area contributed by atoms with Crippen molar-refractivity contribution in [2.24, 2.45) is 11.8 Å². The van der Waals surface area contributed by atoms with E-state index >= 15 is 0 Å². The van der Waals surface area contributed by atoms with Gasteiger partial charge in [0.25, 0.3) is 0 Å². The van der Waals surface area contributed by atoms with Crippen molar-refractivity contribution < 1.29 is 0 Å². The third kappa shape index (κ3) is 7.50. The summed E-state index contributed by atoms with van der Waals surface area (Å²) >= 11 is 0. The summed E-state index contributed by atoms with van der Waals surface area (Å²) in [7, 11) is 2.75. The first-order valence-corrected chi connectivity index (χ1v) is 17.6. The van der Waals surface area contributed by atoms with Crippen LogP contribution in [-0.2, 0) is 0 Å². The minimum atomic E-state index is -1.08. The first kappa shape index (κ1) is 39.8. The van der Waals surface area contributed by atoms with Crippen LogP contribution in [0.1, 0.15) is 81.1 Å². The maximum absolute atomic E-state index is 2.85. The Morgan fingerprint density at radius 1 is 0.528 bits per heavy atom. The van der Waals surface area contributed by atoms with Crippen LogP contribution >= 0.6 is 0 Å². The van der Waals surface area contributed by atoms with E-state index in [2.05, 4.69) is 91.7 Å². The average Bonchev–Trinajstić information content (AvgIpc) is 3.10. The van der Waals surface area contributed by atoms with Crippen molar-refractivity contribution >= 4 is 93.4 Å². The maximum atomic E-state index is 2.85. The Bertz CT molecular complexity index is 816. The van der Waals surface area contributed by atoms with E-state index in [0.29, 0.717) is 11.8 Å². The molecule has 0 bridgehead atoms. The molecular weight excluding hydrogens is 448 g/mol. The van der Waals surface area contributed by atoms with Crippen LogP contribution in [0.15, 0.2) is 43.8 Å². The predicted octanol–water partition coefficient (Wildman–Crippen LogP) is 5.03. The van der Waals surface area contributed by atoms with Gasteiger partial charge in [-0.15, -0.1) is 0 Å². The van der Waals surface area contributed by atoms with Gasteiger partial charge >= 0.3 is 0 Å². The molecule has 1 saturated carbocycles. The molecule has 0 N–H and O–H groups in total. The maximum Gasteiger partial charge on any atom is 0.137 e. The standard InChI is InChI=1S/C28H50N2Si2.4Li/c1-17-18(2)22(6)27(21(17)5)31(11)29(9)25-13-15-26(16-14-25)30(10)32(12)28-23(7)19(3)20(4)24(28)8;;;;/h21,23,25-26,31-32H,13-16H2,1-12H3;;;;. The number of nitrogens with zero attached hydrogens (tertiary/aromatic N) is 2. The van der Waals surface area contributed by atoms with E-state index in [-0.39, 0.29) is 75.4 Å². The second-order valence-electron chi connectivity index (χ2n) is 11.4. The van der Waals surface area contributed by atoms with Crippen molar-refractivity contribution in [3.63, 3.8) is 0 Å². The molecule has 0 spiro atoms. The van der Waals surface area contributed by atoms with Crippen molar-refractivity contribution in [2.45, 2.75) is 106 Å². The van der Waals surface area contributed by atoms with Crippen molar-refractivity contribution in [1.82, 2.24) is 9.13 Å². The molecule has 0 amide bonds. The molecule has 4 radical (unpaired) electrons. The number of hydrogen-bond acceptors (Lipinski definition) is 2. The smallest absolute Gasteiger partial charge is 0.137 e. The van der Waals surface area contributed by atoms with Crippen molar-refractivity contribution in [3.8, 4) is 0 Å². The molecule has 0 saturated heterocycles. The summed E-state index contributed by atoms with van der Waals surface area (Å²) in [6.45, 7) is 24.2. The summed E-state index contributed by atoms with van der Waals surface area (Å²) in [6.07, 6.45) is 5.50. The fourth-order valence-corrected chi connectivity index (χ4v) is 13.5. The zero-order valence-electron chi connectivity index (χ0n) is 27.2. The molecule has 4 unspecified atom stereocenters. The molecule has 4 atom stereocenters. The third-order valence-electron chi connectivity index (χ3n) is 10.3. The van der Waals surface area contributed by atoms with Gasteiger partial charge in [-0.3, -0.25) is 0 Å². The van der Waals surface area contributed by atoms with E-state index in [4.69, 9.17) is 0 Å². The Kier molecular flexibility index (Phi) is 18.0. The van der Waals surface area contributed by atoms with Gasteiger partial charge in [-0.05, 0) is 104 Å². The summed E-state index contributed by atoms with van der Waals surface area (Å²) in [5.41, 5.74) is 9.58. The molecule has 0 aromatic heterocycles. The van der Waals surface area contributed by atoms with Gasteiger partial charge in [-0.1, -0.05) is 59.6 Å². The molecule has 3 aliphatic carbocycles. The van der Waals surface area contributed by atoms with Gasteiger partial charge in [-0.2, -0.15) is 0 Å². The summed E-state index contributed by atoms with van der Waals surface area (Å²) in [6, 6.07) is 1.56. The first-order valence-electron chi connectivity index (χ1n) is 13.1. The molecule has 3 rings (SSSR count). The Balaban J connectivity index is 0. The topological polar surface area (TPSA) is 6.48 Å². The van der Waals surface area contributed by atoms with E-state index in [0.717, 1.165) is 12.1 Å². The number of hydrogen-bond donors (Lipinski definition) is 0. The Hall–Kier alpha value is 1.70. The second-order valence-corrected chi connectivity index (χ2v) is 16.9. The zero-order chi connectivity index (χ0) is 24.1. The van der Waals surface area contributed by atoms with Crippen LogP contribution in [0.4, 0.5) is 0 Å². The monoisotopic (exact) mass is 498 g/mol. The Morgan fingerprint density at radius 3 is 0.972 bits per heavy atom. The SMILES string of the molecule is CC1=C(C)C(C)C([SiH](C)N(C)C2CCC(N(C)[SiH](C)C3=C(C)C(C)=C(C)C3C)CC2)=C1C.[Li].[Li].[Li].[Li]. The van der Waals surface area contributed by atoms with Crippen molar-refractivity contribution in [2.75, 3.05) is 14.1 Å². The van der Waals surface area contributed by atoms with E-state index in [1.807, 2.05) is 0 Å². The van der Waals surface area contributed by atoms with Crippen LogP contribution < -0.4 is 0 Å². The molecule has 8 heteroatoms. The minimum Gasteiger partial charge on any atom is -0.323 e. The average molecular weight is 499 g/mol. The van der Waals surface area contributed by atoms with Crippen LogP contribution in [0, 0.1) is 11.8 Å². The molecule has 0 aromatic rings. The van der Waals surface area contributed by atoms with Gasteiger partial charge in [0.2, 0.25) is 0 Å². The second kappa shape index (κ2) is 16.2. The summed E-state index contributed by atoms with van der Waals surface area (Å²) in [5.74, 6) is 1.33. The fourth-order valence-electron chi connectivity index (χ4n) is 7.08. The number of rotatable bonds is 6. The van der Waals surface area contributed by atoms with Gasteiger partial charge in [0.05, 0.1) is 0 Å². The fraction of sp³-hybridized carbons (Fsp3) is 0.714. The summed E-state index contributed by atoms with van der Waals surface area (Å²) in [4.78, 5) is 0. The molecule has 36 heavy (non-hydrogen) atoms. The summed E-state index contributed by atoms with van der Waals surface area (Å²) < 4.78 is 5.70. The normalized spacial score (nSPS) is 28.2. The van der Waals surface area contributed by atoms with Gasteiger partial charge in [0.15, 0.2) is 0 Å². The van der Waals surface area contributed by atoms with Crippen LogP contribution in [0.5, 0.6) is 0 Å². The van der Waals surface area contributed by atoms with Gasteiger partial charge in [-0.25, -0.2) is 0 Å². The number of allylic oxidation sites excluding steroid dienone is 8. The molecule has 2 nitrogen and oxygen atoms in total. The van der Waals surface area contributed by atoms with E-state index in [1.54, 1.807) is 43.8 Å². The van der Waals surface area contributed by atoms with Crippen LogP contribution in [0.25, 0.3) is 0 Å².